The quantitative estimate of drug-likeness (QED) is 0.493. The van der Waals surface area contributed by atoms with E-state index in [0.717, 1.165) is 25.7 Å². The molecule has 0 unspecified atom stereocenters. The molecule has 1 N–H and O–H groups in total. The fourth-order valence-electron chi connectivity index (χ4n) is 5.74. The van der Waals surface area contributed by atoms with E-state index in [2.05, 4.69) is 15.0 Å². The van der Waals surface area contributed by atoms with Crippen LogP contribution in [0.5, 0.6) is 5.75 Å². The number of aliphatic imine (C=N–C) groups is 1. The standard InChI is InChI=1S/C27H30F4N4O2/c28-20-8-6-11-22(17-20)35-25(36)33-24(32-21-9-2-1-3-10-21)26(35)13-15-34(16-14-26)18-19-7-4-5-12-23(19)37-27(29,30)31/h4-8,11-12,17,21H,1-3,9-10,13-16,18H2,(H,32,33,36). The van der Waals surface area contributed by atoms with Crippen LogP contribution in [0.1, 0.15) is 50.5 Å². The number of ether oxygens (including phenoxy) is 1. The number of amidine groups is 1. The Morgan fingerprint density at radius 1 is 1.03 bits per heavy atom. The Morgan fingerprint density at radius 2 is 1.76 bits per heavy atom. The fourth-order valence-corrected chi connectivity index (χ4v) is 5.74. The van der Waals surface area contributed by atoms with Crippen LogP contribution in [-0.2, 0) is 6.54 Å². The van der Waals surface area contributed by atoms with Gasteiger partial charge in [0.25, 0.3) is 0 Å². The third kappa shape index (κ3) is 5.58. The van der Waals surface area contributed by atoms with Gasteiger partial charge in [-0.1, -0.05) is 43.5 Å². The highest BCUT2D eigenvalue weighted by Gasteiger charge is 2.53. The highest BCUT2D eigenvalue weighted by molar-refractivity contribution is 6.19. The van der Waals surface area contributed by atoms with Crippen molar-refractivity contribution in [1.29, 1.82) is 0 Å². The van der Waals surface area contributed by atoms with Crippen LogP contribution in [0.25, 0.3) is 0 Å². The molecule has 2 heterocycles. The van der Waals surface area contributed by atoms with Crippen molar-refractivity contribution < 1.29 is 27.1 Å². The van der Waals surface area contributed by atoms with E-state index in [0.29, 0.717) is 43.0 Å². The summed E-state index contributed by atoms with van der Waals surface area (Å²) < 4.78 is 57.0. The predicted octanol–water partition coefficient (Wildman–Crippen LogP) is 6.02. The zero-order valence-corrected chi connectivity index (χ0v) is 20.4. The number of hydrogen-bond donors (Lipinski definition) is 1. The van der Waals surface area contributed by atoms with Crippen LogP contribution >= 0.6 is 0 Å². The minimum atomic E-state index is -4.77. The number of likely N-dealkylation sites (tertiary alicyclic amines) is 1. The Hall–Kier alpha value is -3.14. The number of hydrogen-bond acceptors (Lipinski definition) is 4. The maximum absolute atomic E-state index is 14.1. The van der Waals surface area contributed by atoms with Gasteiger partial charge >= 0.3 is 12.4 Å². The van der Waals surface area contributed by atoms with Crippen molar-refractivity contribution in [3.05, 3.63) is 59.9 Å². The molecule has 0 radical (unpaired) electrons. The van der Waals surface area contributed by atoms with Gasteiger partial charge in [0.2, 0.25) is 0 Å². The van der Waals surface area contributed by atoms with E-state index in [-0.39, 0.29) is 24.4 Å². The number of nitrogens with zero attached hydrogens (tertiary/aromatic N) is 3. The number of alkyl halides is 3. The van der Waals surface area contributed by atoms with E-state index in [1.807, 2.05) is 0 Å². The number of benzene rings is 2. The average molecular weight is 519 g/mol. The second-order valence-electron chi connectivity index (χ2n) is 9.98. The molecular weight excluding hydrogens is 488 g/mol. The van der Waals surface area contributed by atoms with Gasteiger partial charge in [-0.25, -0.2) is 9.18 Å². The summed E-state index contributed by atoms with van der Waals surface area (Å²) in [5.74, 6) is -0.0279. The second-order valence-corrected chi connectivity index (χ2v) is 9.98. The topological polar surface area (TPSA) is 57.2 Å². The number of nitrogens with one attached hydrogen (secondary N) is 1. The fraction of sp³-hybridized carbons (Fsp3) is 0.481. The summed E-state index contributed by atoms with van der Waals surface area (Å²) in [5.41, 5.74) is 0.138. The molecule has 10 heteroatoms. The average Bonchev–Trinajstić information content (AvgIpc) is 3.11. The van der Waals surface area contributed by atoms with E-state index in [4.69, 9.17) is 4.99 Å². The van der Waals surface area contributed by atoms with E-state index in [1.165, 1.54) is 30.7 Å². The van der Waals surface area contributed by atoms with Gasteiger partial charge < -0.3 is 4.74 Å². The molecule has 198 valence electrons. The van der Waals surface area contributed by atoms with Crippen LogP contribution in [0.3, 0.4) is 0 Å². The first-order valence-electron chi connectivity index (χ1n) is 12.7. The first-order chi connectivity index (χ1) is 17.7. The number of rotatable bonds is 5. The first-order valence-corrected chi connectivity index (χ1v) is 12.7. The maximum Gasteiger partial charge on any atom is 0.573 e. The molecule has 2 aromatic rings. The van der Waals surface area contributed by atoms with Crippen molar-refractivity contribution in [3.63, 3.8) is 0 Å². The largest absolute Gasteiger partial charge is 0.573 e. The molecule has 1 saturated carbocycles. The lowest BCUT2D eigenvalue weighted by molar-refractivity contribution is -0.275. The molecule has 3 aliphatic rings. The molecule has 2 aliphatic heterocycles. The van der Waals surface area contributed by atoms with Crippen LogP contribution in [0.15, 0.2) is 53.5 Å². The molecule has 2 aromatic carbocycles. The van der Waals surface area contributed by atoms with Crippen LogP contribution in [0.4, 0.5) is 28.0 Å². The van der Waals surface area contributed by atoms with Gasteiger partial charge in [0.05, 0.1) is 6.04 Å². The molecule has 6 nitrogen and oxygen atoms in total. The third-order valence-electron chi connectivity index (χ3n) is 7.53. The van der Waals surface area contributed by atoms with Crippen molar-refractivity contribution in [1.82, 2.24) is 10.2 Å². The zero-order valence-electron chi connectivity index (χ0n) is 20.4. The van der Waals surface area contributed by atoms with E-state index < -0.39 is 17.7 Å². The molecule has 0 aromatic heterocycles. The highest BCUT2D eigenvalue weighted by Crippen LogP contribution is 2.39. The number of carbonyl (C=O) groups is 1. The predicted molar refractivity (Wildman–Crippen MR) is 132 cm³/mol. The van der Waals surface area contributed by atoms with Gasteiger partial charge in [-0.15, -0.1) is 13.2 Å². The van der Waals surface area contributed by atoms with Gasteiger partial charge in [0.15, 0.2) is 0 Å². The van der Waals surface area contributed by atoms with Crippen LogP contribution in [0.2, 0.25) is 0 Å². The molecule has 0 atom stereocenters. The lowest BCUT2D eigenvalue weighted by atomic mass is 9.84. The van der Waals surface area contributed by atoms with Gasteiger partial charge in [0, 0.05) is 30.9 Å². The van der Waals surface area contributed by atoms with Crippen LogP contribution < -0.4 is 15.0 Å². The van der Waals surface area contributed by atoms with E-state index in [9.17, 15) is 22.4 Å². The summed E-state index contributed by atoms with van der Waals surface area (Å²) in [5, 5.41) is 2.98. The molecular formula is C27H30F4N4O2. The first kappa shape index (κ1) is 25.5. The second kappa shape index (κ2) is 10.3. The van der Waals surface area contributed by atoms with Gasteiger partial charge in [0.1, 0.15) is 22.9 Å². The summed E-state index contributed by atoms with van der Waals surface area (Å²) >= 11 is 0. The summed E-state index contributed by atoms with van der Waals surface area (Å²) in [7, 11) is 0. The highest BCUT2D eigenvalue weighted by atomic mass is 19.4. The van der Waals surface area contributed by atoms with E-state index >= 15 is 0 Å². The van der Waals surface area contributed by atoms with Crippen LogP contribution in [0, 0.1) is 5.82 Å². The van der Waals surface area contributed by atoms with Crippen molar-refractivity contribution in [2.45, 2.75) is 69.4 Å². The lowest BCUT2D eigenvalue weighted by Crippen LogP contribution is -2.57. The van der Waals surface area contributed by atoms with Gasteiger partial charge in [-0.3, -0.25) is 20.1 Å². The number of carbonyl (C=O) groups excluding carboxylic acids is 1. The summed E-state index contributed by atoms with van der Waals surface area (Å²) in [6.45, 7) is 1.31. The smallest absolute Gasteiger partial charge is 0.405 e. The van der Waals surface area contributed by atoms with Crippen molar-refractivity contribution >= 4 is 17.6 Å². The van der Waals surface area contributed by atoms with Crippen molar-refractivity contribution in [2.75, 3.05) is 18.0 Å². The van der Waals surface area contributed by atoms with Crippen LogP contribution in [-0.4, -0.2) is 47.8 Å². The number of anilines is 1. The maximum atomic E-state index is 14.1. The molecule has 5 rings (SSSR count). The third-order valence-corrected chi connectivity index (χ3v) is 7.53. The molecule has 1 spiro atoms. The number of piperidine rings is 1. The van der Waals surface area contributed by atoms with Gasteiger partial charge in [-0.05, 0) is 49.9 Å². The lowest BCUT2D eigenvalue weighted by Gasteiger charge is -2.44. The van der Waals surface area contributed by atoms with Crippen molar-refractivity contribution in [3.8, 4) is 5.75 Å². The zero-order chi connectivity index (χ0) is 26.0. The Labute approximate surface area is 213 Å². The molecule has 3 fully saturated rings. The SMILES string of the molecule is O=C1NC(=NC2CCCCC2)C2(CCN(Cc3ccccc3OC(F)(F)F)CC2)N1c1cccc(F)c1. The minimum absolute atomic E-state index is 0.137. The summed E-state index contributed by atoms with van der Waals surface area (Å²) in [6, 6.07) is 11.9. The Kier molecular flexibility index (Phi) is 7.11. The Bertz CT molecular complexity index is 1160. The summed E-state index contributed by atoms with van der Waals surface area (Å²) in [6.07, 6.45) is 1.57. The minimum Gasteiger partial charge on any atom is -0.405 e. The molecule has 2 saturated heterocycles. The number of urea groups is 1. The van der Waals surface area contributed by atoms with Crippen molar-refractivity contribution in [2.24, 2.45) is 4.99 Å². The van der Waals surface area contributed by atoms with Gasteiger partial charge in [-0.2, -0.15) is 0 Å². The Morgan fingerprint density at radius 3 is 2.46 bits per heavy atom. The van der Waals surface area contributed by atoms with E-state index in [1.54, 1.807) is 29.2 Å². The number of para-hydroxylation sites is 1. The molecule has 37 heavy (non-hydrogen) atoms. The Balaban J connectivity index is 1.40. The summed E-state index contributed by atoms with van der Waals surface area (Å²) in [4.78, 5) is 21.9. The number of amides is 2. The number of halogens is 4. The molecule has 1 aliphatic carbocycles. The molecule has 0 bridgehead atoms. The normalized spacial score (nSPS) is 22.0. The monoisotopic (exact) mass is 518 g/mol. The molecule has 2 amide bonds.